The first-order valence-electron chi connectivity index (χ1n) is 4.09. The van der Waals surface area contributed by atoms with Gasteiger partial charge in [-0.1, -0.05) is 15.9 Å². The summed E-state index contributed by atoms with van der Waals surface area (Å²) in [5.74, 6) is -0.0611. The van der Waals surface area contributed by atoms with E-state index >= 15 is 0 Å². The summed E-state index contributed by atoms with van der Waals surface area (Å²) in [6.07, 6.45) is 4.14. The van der Waals surface area contributed by atoms with E-state index in [1.165, 1.54) is 0 Å². The fourth-order valence-electron chi connectivity index (χ4n) is 0.868. The van der Waals surface area contributed by atoms with Gasteiger partial charge < -0.3 is 5.32 Å². The summed E-state index contributed by atoms with van der Waals surface area (Å²) in [5, 5.41) is 3.69. The second-order valence-corrected chi connectivity index (χ2v) is 3.33. The molecule has 0 fully saturated rings. The van der Waals surface area contributed by atoms with Crippen LogP contribution in [0, 0.1) is 0 Å². The number of rotatable bonds is 4. The molecule has 1 heterocycles. The van der Waals surface area contributed by atoms with E-state index in [0.29, 0.717) is 12.1 Å². The second kappa shape index (κ2) is 5.70. The fourth-order valence-corrected chi connectivity index (χ4v) is 1.15. The van der Waals surface area contributed by atoms with Gasteiger partial charge in [0, 0.05) is 24.3 Å². The van der Waals surface area contributed by atoms with E-state index in [0.717, 1.165) is 11.8 Å². The summed E-state index contributed by atoms with van der Waals surface area (Å²) in [6, 6.07) is 3.50. The van der Waals surface area contributed by atoms with Crippen molar-refractivity contribution in [2.75, 3.05) is 11.9 Å². The third-order valence-corrected chi connectivity index (χ3v) is 2.08. The number of hydrogen-bond acceptors (Lipinski definition) is 2. The average Bonchev–Trinajstić information content (AvgIpc) is 2.19. The summed E-state index contributed by atoms with van der Waals surface area (Å²) < 4.78 is 0. The lowest BCUT2D eigenvalue weighted by molar-refractivity contribution is 0.0953. The Labute approximate surface area is 85.7 Å². The van der Waals surface area contributed by atoms with E-state index in [1.54, 1.807) is 24.5 Å². The Kier molecular flexibility index (Phi) is 4.46. The Morgan fingerprint density at radius 3 is 3.08 bits per heavy atom. The van der Waals surface area contributed by atoms with Crippen LogP contribution in [-0.4, -0.2) is 22.8 Å². The quantitative estimate of drug-likeness (QED) is 0.644. The van der Waals surface area contributed by atoms with Crippen molar-refractivity contribution in [3.05, 3.63) is 30.1 Å². The summed E-state index contributed by atoms with van der Waals surface area (Å²) in [4.78, 5) is 15.2. The van der Waals surface area contributed by atoms with Gasteiger partial charge in [0.25, 0.3) is 5.91 Å². The highest BCUT2D eigenvalue weighted by Crippen LogP contribution is 1.95. The molecule has 1 aromatic rings. The first-order chi connectivity index (χ1) is 6.34. The van der Waals surface area contributed by atoms with Crippen LogP contribution in [0.2, 0.25) is 0 Å². The highest BCUT2D eigenvalue weighted by Gasteiger charge is 2.02. The van der Waals surface area contributed by atoms with Gasteiger partial charge in [-0.2, -0.15) is 0 Å². The molecule has 0 saturated carbocycles. The normalized spacial score (nSPS) is 9.62. The molecule has 1 N–H and O–H groups in total. The molecule has 70 valence electrons. The SMILES string of the molecule is O=C(NCCCBr)c1cccnc1. The summed E-state index contributed by atoms with van der Waals surface area (Å²) in [7, 11) is 0. The lowest BCUT2D eigenvalue weighted by atomic mass is 10.2. The molecule has 1 amide bonds. The molecule has 0 aliphatic heterocycles. The third-order valence-electron chi connectivity index (χ3n) is 1.52. The van der Waals surface area contributed by atoms with Crippen LogP contribution in [0.3, 0.4) is 0 Å². The van der Waals surface area contributed by atoms with Gasteiger partial charge >= 0.3 is 0 Å². The number of nitrogens with zero attached hydrogens (tertiary/aromatic N) is 1. The Morgan fingerprint density at radius 1 is 1.62 bits per heavy atom. The molecule has 0 radical (unpaired) electrons. The molecule has 0 unspecified atom stereocenters. The van der Waals surface area contributed by atoms with Crippen LogP contribution in [0.4, 0.5) is 0 Å². The lowest BCUT2D eigenvalue weighted by Gasteiger charge is -2.02. The lowest BCUT2D eigenvalue weighted by Crippen LogP contribution is -2.24. The molecular weight excluding hydrogens is 232 g/mol. The Hall–Kier alpha value is -0.900. The minimum Gasteiger partial charge on any atom is -0.352 e. The predicted molar refractivity (Wildman–Crippen MR) is 55.0 cm³/mol. The largest absolute Gasteiger partial charge is 0.352 e. The fraction of sp³-hybridized carbons (Fsp3) is 0.333. The average molecular weight is 243 g/mol. The number of aromatic nitrogens is 1. The van der Waals surface area contributed by atoms with Crippen LogP contribution in [0.5, 0.6) is 0 Å². The smallest absolute Gasteiger partial charge is 0.252 e. The van der Waals surface area contributed by atoms with E-state index in [-0.39, 0.29) is 5.91 Å². The zero-order valence-electron chi connectivity index (χ0n) is 7.16. The molecule has 0 bridgehead atoms. The van der Waals surface area contributed by atoms with Crippen molar-refractivity contribution in [3.8, 4) is 0 Å². The van der Waals surface area contributed by atoms with Crippen molar-refractivity contribution < 1.29 is 4.79 Å². The van der Waals surface area contributed by atoms with Crippen molar-refractivity contribution in [1.82, 2.24) is 10.3 Å². The molecule has 4 heteroatoms. The number of alkyl halides is 1. The van der Waals surface area contributed by atoms with Gasteiger partial charge in [0.1, 0.15) is 0 Å². The molecule has 0 aliphatic rings. The van der Waals surface area contributed by atoms with E-state index < -0.39 is 0 Å². The molecule has 0 spiro atoms. The molecule has 1 rings (SSSR count). The van der Waals surface area contributed by atoms with Gasteiger partial charge in [-0.15, -0.1) is 0 Å². The van der Waals surface area contributed by atoms with E-state index in [1.807, 2.05) is 0 Å². The minimum atomic E-state index is -0.0611. The molecule has 1 aromatic heterocycles. The van der Waals surface area contributed by atoms with Gasteiger partial charge in [0.05, 0.1) is 5.56 Å². The van der Waals surface area contributed by atoms with Crippen molar-refractivity contribution in [2.45, 2.75) is 6.42 Å². The van der Waals surface area contributed by atoms with Crippen molar-refractivity contribution in [1.29, 1.82) is 0 Å². The van der Waals surface area contributed by atoms with Crippen molar-refractivity contribution >= 4 is 21.8 Å². The van der Waals surface area contributed by atoms with Crippen LogP contribution in [0.15, 0.2) is 24.5 Å². The van der Waals surface area contributed by atoms with E-state index in [2.05, 4.69) is 26.2 Å². The zero-order chi connectivity index (χ0) is 9.52. The first-order valence-corrected chi connectivity index (χ1v) is 5.21. The number of carbonyl (C=O) groups excluding carboxylic acids is 1. The Morgan fingerprint density at radius 2 is 2.46 bits per heavy atom. The third kappa shape index (κ3) is 3.55. The van der Waals surface area contributed by atoms with Gasteiger partial charge in [0.2, 0.25) is 0 Å². The summed E-state index contributed by atoms with van der Waals surface area (Å²) >= 11 is 3.29. The number of halogens is 1. The number of carbonyl (C=O) groups is 1. The molecule has 13 heavy (non-hydrogen) atoms. The maximum Gasteiger partial charge on any atom is 0.252 e. The second-order valence-electron chi connectivity index (χ2n) is 2.54. The number of hydrogen-bond donors (Lipinski definition) is 1. The Bertz CT molecular complexity index is 264. The van der Waals surface area contributed by atoms with E-state index in [4.69, 9.17) is 0 Å². The topological polar surface area (TPSA) is 42.0 Å². The maximum atomic E-state index is 11.4. The van der Waals surface area contributed by atoms with Crippen LogP contribution >= 0.6 is 15.9 Å². The van der Waals surface area contributed by atoms with Crippen molar-refractivity contribution in [3.63, 3.8) is 0 Å². The van der Waals surface area contributed by atoms with Gasteiger partial charge in [-0.3, -0.25) is 9.78 Å². The summed E-state index contributed by atoms with van der Waals surface area (Å²) in [6.45, 7) is 0.693. The van der Waals surface area contributed by atoms with Crippen molar-refractivity contribution in [2.24, 2.45) is 0 Å². The molecule has 3 nitrogen and oxygen atoms in total. The zero-order valence-corrected chi connectivity index (χ0v) is 8.75. The predicted octanol–water partition coefficient (Wildman–Crippen LogP) is 1.60. The highest BCUT2D eigenvalue weighted by atomic mass is 79.9. The van der Waals surface area contributed by atoms with Crippen LogP contribution in [0.25, 0.3) is 0 Å². The molecular formula is C9H11BrN2O. The molecule has 0 aromatic carbocycles. The van der Waals surface area contributed by atoms with Crippen LogP contribution < -0.4 is 5.32 Å². The van der Waals surface area contributed by atoms with Gasteiger partial charge in [-0.25, -0.2) is 0 Å². The highest BCUT2D eigenvalue weighted by molar-refractivity contribution is 9.09. The first kappa shape index (κ1) is 10.2. The Balaban J connectivity index is 2.40. The number of nitrogens with one attached hydrogen (secondary N) is 1. The van der Waals surface area contributed by atoms with Crippen LogP contribution in [-0.2, 0) is 0 Å². The standard InChI is InChI=1S/C9H11BrN2O/c10-4-2-6-12-9(13)8-3-1-5-11-7-8/h1,3,5,7H,2,4,6H2,(H,12,13). The molecule has 0 saturated heterocycles. The molecule has 0 aliphatic carbocycles. The minimum absolute atomic E-state index is 0.0611. The van der Waals surface area contributed by atoms with Gasteiger partial charge in [-0.05, 0) is 18.6 Å². The monoisotopic (exact) mass is 242 g/mol. The van der Waals surface area contributed by atoms with Gasteiger partial charge in [0.15, 0.2) is 0 Å². The summed E-state index contributed by atoms with van der Waals surface area (Å²) in [5.41, 5.74) is 0.608. The number of pyridine rings is 1. The molecule has 0 atom stereocenters. The maximum absolute atomic E-state index is 11.4. The number of amides is 1. The van der Waals surface area contributed by atoms with E-state index in [9.17, 15) is 4.79 Å². The van der Waals surface area contributed by atoms with Crippen LogP contribution in [0.1, 0.15) is 16.8 Å².